The van der Waals surface area contributed by atoms with Gasteiger partial charge in [0.1, 0.15) is 13.2 Å². The molecule has 1 atom stereocenters. The summed E-state index contributed by atoms with van der Waals surface area (Å²) in [5.74, 6) is 1.75. The Balaban J connectivity index is 0.00000121. The highest BCUT2D eigenvalue weighted by Gasteiger charge is 2.22. The van der Waals surface area contributed by atoms with Gasteiger partial charge < -0.3 is 14.8 Å². The van der Waals surface area contributed by atoms with Gasteiger partial charge in [-0.15, -0.1) is 24.8 Å². The molecule has 0 amide bonds. The first kappa shape index (κ1) is 19.4. The third-order valence-corrected chi connectivity index (χ3v) is 4.22. The van der Waals surface area contributed by atoms with E-state index in [0.29, 0.717) is 19.3 Å². The summed E-state index contributed by atoms with van der Waals surface area (Å²) in [7, 11) is 0. The summed E-state index contributed by atoms with van der Waals surface area (Å²) in [6, 6.07) is 6.93. The minimum atomic E-state index is 0. The van der Waals surface area contributed by atoms with Crippen molar-refractivity contribution >= 4 is 24.8 Å². The summed E-state index contributed by atoms with van der Waals surface area (Å²) < 4.78 is 11.2. The van der Waals surface area contributed by atoms with E-state index in [-0.39, 0.29) is 24.8 Å². The first-order chi connectivity index (χ1) is 9.86. The molecule has 1 unspecified atom stereocenters. The molecule has 6 heteroatoms. The molecular weight excluding hydrogens is 323 g/mol. The molecule has 126 valence electrons. The van der Waals surface area contributed by atoms with Crippen molar-refractivity contribution in [2.45, 2.75) is 32.4 Å². The maximum absolute atomic E-state index is 5.62. The fourth-order valence-electron chi connectivity index (χ4n) is 3.12. The molecule has 22 heavy (non-hydrogen) atoms. The summed E-state index contributed by atoms with van der Waals surface area (Å²) in [6.45, 7) is 7.94. The number of likely N-dealkylation sites (N-methyl/N-ethyl adjacent to an activating group) is 1. The van der Waals surface area contributed by atoms with Gasteiger partial charge in [-0.3, -0.25) is 4.90 Å². The summed E-state index contributed by atoms with van der Waals surface area (Å²) in [4.78, 5) is 2.57. The van der Waals surface area contributed by atoms with Crippen LogP contribution in [0.2, 0.25) is 0 Å². The molecule has 2 heterocycles. The first-order valence-electron chi connectivity index (χ1n) is 7.70. The topological polar surface area (TPSA) is 33.7 Å². The number of ether oxygens (including phenoxy) is 2. The average molecular weight is 349 g/mol. The van der Waals surface area contributed by atoms with Gasteiger partial charge in [0.15, 0.2) is 11.5 Å². The van der Waals surface area contributed by atoms with E-state index < -0.39 is 0 Å². The van der Waals surface area contributed by atoms with Crippen molar-refractivity contribution in [1.29, 1.82) is 0 Å². The van der Waals surface area contributed by atoms with Crippen molar-refractivity contribution in [1.82, 2.24) is 10.2 Å². The Morgan fingerprint density at radius 1 is 1.18 bits per heavy atom. The van der Waals surface area contributed by atoms with Crippen LogP contribution in [0.5, 0.6) is 11.5 Å². The van der Waals surface area contributed by atoms with Gasteiger partial charge >= 0.3 is 0 Å². The zero-order valence-electron chi connectivity index (χ0n) is 13.0. The third kappa shape index (κ3) is 4.66. The number of hydrogen-bond acceptors (Lipinski definition) is 4. The monoisotopic (exact) mass is 348 g/mol. The molecule has 1 N–H and O–H groups in total. The minimum absolute atomic E-state index is 0. The van der Waals surface area contributed by atoms with Gasteiger partial charge in [-0.2, -0.15) is 0 Å². The lowest BCUT2D eigenvalue weighted by molar-refractivity contribution is 0.171. The van der Waals surface area contributed by atoms with E-state index in [9.17, 15) is 0 Å². The smallest absolute Gasteiger partial charge is 0.161 e. The van der Waals surface area contributed by atoms with Crippen LogP contribution in [0.25, 0.3) is 0 Å². The van der Waals surface area contributed by atoms with Crippen LogP contribution in [-0.2, 0) is 6.54 Å². The first-order valence-corrected chi connectivity index (χ1v) is 7.70. The lowest BCUT2D eigenvalue weighted by Crippen LogP contribution is -2.37. The second kappa shape index (κ2) is 9.46. The molecular formula is C16H26Cl2N2O2. The van der Waals surface area contributed by atoms with Gasteiger partial charge in [-0.25, -0.2) is 0 Å². The molecule has 3 rings (SSSR count). The largest absolute Gasteiger partial charge is 0.486 e. The standard InChI is InChI=1S/C16H24N2O2.2ClH/c1-2-18-7-3-4-14(18)12-17-11-13-5-6-15-16(10-13)20-9-8-19-15;;/h5-6,10,14,17H,2-4,7-9,11-12H2,1H3;2*1H. The Morgan fingerprint density at radius 3 is 2.73 bits per heavy atom. The van der Waals surface area contributed by atoms with E-state index in [1.807, 2.05) is 6.07 Å². The van der Waals surface area contributed by atoms with Crippen LogP contribution in [0.15, 0.2) is 18.2 Å². The van der Waals surface area contributed by atoms with Crippen molar-refractivity contribution in [3.05, 3.63) is 23.8 Å². The lowest BCUT2D eigenvalue weighted by Gasteiger charge is -2.23. The van der Waals surface area contributed by atoms with E-state index in [4.69, 9.17) is 9.47 Å². The Morgan fingerprint density at radius 2 is 1.95 bits per heavy atom. The van der Waals surface area contributed by atoms with Gasteiger partial charge in [0.2, 0.25) is 0 Å². The van der Waals surface area contributed by atoms with Gasteiger partial charge in [-0.05, 0) is 43.6 Å². The number of likely N-dealkylation sites (tertiary alicyclic amines) is 1. The Kier molecular flexibility index (Phi) is 8.33. The van der Waals surface area contributed by atoms with Crippen LogP contribution >= 0.6 is 24.8 Å². The average Bonchev–Trinajstić information content (AvgIpc) is 2.95. The van der Waals surface area contributed by atoms with E-state index >= 15 is 0 Å². The molecule has 2 aliphatic heterocycles. The second-order valence-corrected chi connectivity index (χ2v) is 5.53. The molecule has 2 aliphatic rings. The van der Waals surface area contributed by atoms with Crippen molar-refractivity contribution in [2.75, 3.05) is 32.8 Å². The van der Waals surface area contributed by atoms with Gasteiger partial charge in [0.25, 0.3) is 0 Å². The van der Waals surface area contributed by atoms with Crippen LogP contribution in [0.4, 0.5) is 0 Å². The molecule has 0 spiro atoms. The molecule has 0 radical (unpaired) electrons. The van der Waals surface area contributed by atoms with Crippen molar-refractivity contribution in [3.63, 3.8) is 0 Å². The van der Waals surface area contributed by atoms with Crippen molar-refractivity contribution in [2.24, 2.45) is 0 Å². The van der Waals surface area contributed by atoms with Crippen LogP contribution in [0.3, 0.4) is 0 Å². The van der Waals surface area contributed by atoms with Crippen molar-refractivity contribution < 1.29 is 9.47 Å². The highest BCUT2D eigenvalue weighted by Crippen LogP contribution is 2.30. The lowest BCUT2D eigenvalue weighted by atomic mass is 10.1. The molecule has 1 fully saturated rings. The van der Waals surface area contributed by atoms with Crippen molar-refractivity contribution in [3.8, 4) is 11.5 Å². The van der Waals surface area contributed by atoms with Crippen LogP contribution in [0.1, 0.15) is 25.3 Å². The molecule has 0 aromatic heterocycles. The fraction of sp³-hybridized carbons (Fsp3) is 0.625. The maximum Gasteiger partial charge on any atom is 0.161 e. The van der Waals surface area contributed by atoms with E-state index in [1.54, 1.807) is 0 Å². The van der Waals surface area contributed by atoms with E-state index in [1.165, 1.54) is 24.9 Å². The summed E-state index contributed by atoms with van der Waals surface area (Å²) in [5, 5.41) is 3.58. The molecule has 1 aromatic carbocycles. The van der Waals surface area contributed by atoms with Gasteiger partial charge in [-0.1, -0.05) is 13.0 Å². The number of fused-ring (bicyclic) bond motifs is 1. The van der Waals surface area contributed by atoms with Crippen LogP contribution in [0, 0.1) is 0 Å². The summed E-state index contributed by atoms with van der Waals surface area (Å²) in [5.41, 5.74) is 1.26. The molecule has 4 nitrogen and oxygen atoms in total. The van der Waals surface area contributed by atoms with Gasteiger partial charge in [0, 0.05) is 19.1 Å². The number of nitrogens with zero attached hydrogens (tertiary/aromatic N) is 1. The van der Waals surface area contributed by atoms with E-state index in [2.05, 4.69) is 29.3 Å². The SMILES string of the molecule is CCN1CCCC1CNCc1ccc2c(c1)OCCO2.Cl.Cl. The zero-order valence-corrected chi connectivity index (χ0v) is 14.7. The van der Waals surface area contributed by atoms with Crippen LogP contribution < -0.4 is 14.8 Å². The second-order valence-electron chi connectivity index (χ2n) is 5.53. The molecule has 1 saturated heterocycles. The normalized spacial score (nSPS) is 20.1. The summed E-state index contributed by atoms with van der Waals surface area (Å²) >= 11 is 0. The predicted molar refractivity (Wildman–Crippen MR) is 93.9 cm³/mol. The highest BCUT2D eigenvalue weighted by atomic mass is 35.5. The maximum atomic E-state index is 5.62. The zero-order chi connectivity index (χ0) is 13.8. The van der Waals surface area contributed by atoms with Crippen LogP contribution in [-0.4, -0.2) is 43.8 Å². The Hall–Kier alpha value is -0.680. The fourth-order valence-corrected chi connectivity index (χ4v) is 3.12. The minimum Gasteiger partial charge on any atom is -0.486 e. The number of benzene rings is 1. The highest BCUT2D eigenvalue weighted by molar-refractivity contribution is 5.85. The molecule has 1 aromatic rings. The van der Waals surface area contributed by atoms with E-state index in [0.717, 1.165) is 31.1 Å². The van der Waals surface area contributed by atoms with Gasteiger partial charge in [0.05, 0.1) is 0 Å². The number of halogens is 2. The number of hydrogen-bond donors (Lipinski definition) is 1. The Bertz CT molecular complexity index is 460. The third-order valence-electron chi connectivity index (χ3n) is 4.22. The quantitative estimate of drug-likeness (QED) is 0.886. The molecule has 0 bridgehead atoms. The predicted octanol–water partition coefficient (Wildman–Crippen LogP) is 2.88. The molecule has 0 aliphatic carbocycles. The Labute approximate surface area is 145 Å². The number of rotatable bonds is 5. The number of nitrogens with one attached hydrogen (secondary N) is 1. The molecule has 0 saturated carbocycles. The summed E-state index contributed by atoms with van der Waals surface area (Å²) in [6.07, 6.45) is 2.66.